The lowest BCUT2D eigenvalue weighted by atomic mass is 10.2. The van der Waals surface area contributed by atoms with E-state index < -0.39 is 0 Å². The van der Waals surface area contributed by atoms with Crippen molar-refractivity contribution < 1.29 is 8.91 Å². The lowest BCUT2D eigenvalue weighted by Gasteiger charge is -2.12. The van der Waals surface area contributed by atoms with Crippen molar-refractivity contribution >= 4 is 5.69 Å². The fraction of sp³-hybridized carbons (Fsp3) is 0.200. The van der Waals surface area contributed by atoms with Gasteiger partial charge in [-0.1, -0.05) is 28.6 Å². The van der Waals surface area contributed by atoms with Gasteiger partial charge in [-0.05, 0) is 42.8 Å². The van der Waals surface area contributed by atoms with Crippen LogP contribution in [0.4, 0.5) is 10.1 Å². The third kappa shape index (κ3) is 3.48. The van der Waals surface area contributed by atoms with Gasteiger partial charge in [0.05, 0.1) is 12.2 Å². The summed E-state index contributed by atoms with van der Waals surface area (Å²) in [6, 6.07) is 14.1. The Kier molecular flexibility index (Phi) is 4.60. The third-order valence-corrected chi connectivity index (χ3v) is 4.48. The van der Waals surface area contributed by atoms with Crippen LogP contribution in [0.2, 0.25) is 0 Å². The summed E-state index contributed by atoms with van der Waals surface area (Å²) in [4.78, 5) is 6.49. The van der Waals surface area contributed by atoms with Crippen LogP contribution in [0.25, 0.3) is 23.0 Å². The van der Waals surface area contributed by atoms with Crippen molar-refractivity contribution in [3.8, 4) is 23.0 Å². The molecule has 0 unspecified atom stereocenters. The molecule has 0 saturated carbocycles. The maximum absolute atomic E-state index is 13.1. The molecular formula is C20H19FN6O. The molecule has 0 aliphatic carbocycles. The quantitative estimate of drug-likeness (QED) is 0.529. The van der Waals surface area contributed by atoms with Crippen LogP contribution in [0.15, 0.2) is 53.1 Å². The van der Waals surface area contributed by atoms with E-state index in [-0.39, 0.29) is 5.82 Å². The maximum Gasteiger partial charge on any atom is 0.258 e. The molecule has 0 aliphatic rings. The normalized spacial score (nSPS) is 11.0. The second-order valence-corrected chi connectivity index (χ2v) is 6.68. The molecule has 0 fully saturated rings. The number of nitrogens with zero attached hydrogens (tertiary/aromatic N) is 6. The zero-order valence-corrected chi connectivity index (χ0v) is 15.8. The van der Waals surface area contributed by atoms with Crippen LogP contribution >= 0.6 is 0 Å². The molecule has 0 N–H and O–H groups in total. The van der Waals surface area contributed by atoms with E-state index in [0.717, 1.165) is 22.5 Å². The smallest absolute Gasteiger partial charge is 0.258 e. The van der Waals surface area contributed by atoms with Gasteiger partial charge in [0.25, 0.3) is 5.89 Å². The summed E-state index contributed by atoms with van der Waals surface area (Å²) in [6.07, 6.45) is 0. The molecule has 7 nitrogen and oxygen atoms in total. The van der Waals surface area contributed by atoms with E-state index in [2.05, 4.69) is 20.5 Å². The molecule has 0 aliphatic heterocycles. The minimum Gasteiger partial charge on any atom is -0.378 e. The van der Waals surface area contributed by atoms with E-state index in [1.165, 1.54) is 12.1 Å². The average Bonchev–Trinajstić information content (AvgIpc) is 3.31. The summed E-state index contributed by atoms with van der Waals surface area (Å²) in [5, 5.41) is 12.4. The molecule has 0 spiro atoms. The Hall–Kier alpha value is -3.55. The molecule has 2 aromatic heterocycles. The Bertz CT molecular complexity index is 1100. The number of hydrogen-bond donors (Lipinski definition) is 0. The fourth-order valence-corrected chi connectivity index (χ4v) is 2.83. The average molecular weight is 378 g/mol. The summed E-state index contributed by atoms with van der Waals surface area (Å²) in [5.74, 6) is 0.539. The van der Waals surface area contributed by atoms with E-state index in [9.17, 15) is 4.39 Å². The van der Waals surface area contributed by atoms with Gasteiger partial charge in [-0.15, -0.1) is 5.10 Å². The van der Waals surface area contributed by atoms with Crippen molar-refractivity contribution in [1.29, 1.82) is 0 Å². The van der Waals surface area contributed by atoms with Crippen LogP contribution in [0.3, 0.4) is 0 Å². The van der Waals surface area contributed by atoms with Crippen LogP contribution < -0.4 is 4.90 Å². The van der Waals surface area contributed by atoms with E-state index in [4.69, 9.17) is 4.52 Å². The van der Waals surface area contributed by atoms with Crippen LogP contribution in [0.5, 0.6) is 0 Å². The summed E-state index contributed by atoms with van der Waals surface area (Å²) >= 11 is 0. The molecule has 2 heterocycles. The van der Waals surface area contributed by atoms with Gasteiger partial charge in [-0.2, -0.15) is 4.98 Å². The molecule has 142 valence electrons. The summed E-state index contributed by atoms with van der Waals surface area (Å²) in [5.41, 5.74) is 4.16. The van der Waals surface area contributed by atoms with Gasteiger partial charge in [-0.25, -0.2) is 9.07 Å². The van der Waals surface area contributed by atoms with Gasteiger partial charge in [0, 0.05) is 25.3 Å². The molecule has 0 saturated heterocycles. The zero-order chi connectivity index (χ0) is 19.7. The van der Waals surface area contributed by atoms with Crippen LogP contribution in [-0.4, -0.2) is 39.2 Å². The molecule has 2 aromatic carbocycles. The van der Waals surface area contributed by atoms with Crippen molar-refractivity contribution in [2.75, 3.05) is 19.0 Å². The molecule has 4 aromatic rings. The lowest BCUT2D eigenvalue weighted by Crippen LogP contribution is -2.08. The van der Waals surface area contributed by atoms with E-state index >= 15 is 0 Å². The Labute approximate surface area is 161 Å². The first-order valence-corrected chi connectivity index (χ1v) is 8.77. The Morgan fingerprint density at radius 2 is 1.89 bits per heavy atom. The summed E-state index contributed by atoms with van der Waals surface area (Å²) in [7, 11) is 3.95. The SMILES string of the molecule is Cc1c(-c2noc(-c3cccc(N(C)C)c3)n2)nnn1Cc1ccc(F)cc1. The zero-order valence-electron chi connectivity index (χ0n) is 15.8. The predicted octanol–water partition coefficient (Wildman–Crippen LogP) is 3.56. The maximum atomic E-state index is 13.1. The number of benzene rings is 2. The van der Waals surface area contributed by atoms with Crippen LogP contribution in [0.1, 0.15) is 11.3 Å². The standard InChI is InChI=1S/C20H19FN6O/c1-13-18(23-25-27(13)12-14-7-9-16(21)10-8-14)19-22-20(28-24-19)15-5-4-6-17(11-15)26(2)3/h4-11H,12H2,1-3H3. The third-order valence-electron chi connectivity index (χ3n) is 4.48. The van der Waals surface area contributed by atoms with Crippen molar-refractivity contribution in [3.63, 3.8) is 0 Å². The van der Waals surface area contributed by atoms with E-state index in [1.54, 1.807) is 16.8 Å². The molecule has 0 bridgehead atoms. The molecule has 0 atom stereocenters. The number of anilines is 1. The first-order valence-electron chi connectivity index (χ1n) is 8.77. The Morgan fingerprint density at radius 1 is 1.11 bits per heavy atom. The number of rotatable bonds is 5. The largest absolute Gasteiger partial charge is 0.378 e. The lowest BCUT2D eigenvalue weighted by molar-refractivity contribution is 0.432. The van der Waals surface area contributed by atoms with Gasteiger partial charge < -0.3 is 9.42 Å². The first kappa shape index (κ1) is 17.8. The van der Waals surface area contributed by atoms with Crippen molar-refractivity contribution in [2.45, 2.75) is 13.5 Å². The monoisotopic (exact) mass is 378 g/mol. The molecular weight excluding hydrogens is 359 g/mol. The number of halogens is 1. The highest BCUT2D eigenvalue weighted by molar-refractivity contribution is 5.63. The Morgan fingerprint density at radius 3 is 2.64 bits per heavy atom. The minimum atomic E-state index is -0.266. The van der Waals surface area contributed by atoms with Crippen molar-refractivity contribution in [3.05, 3.63) is 65.6 Å². The molecule has 4 rings (SSSR count). The second-order valence-electron chi connectivity index (χ2n) is 6.68. The summed E-state index contributed by atoms with van der Waals surface area (Å²) < 4.78 is 20.2. The molecule has 8 heteroatoms. The minimum absolute atomic E-state index is 0.266. The highest BCUT2D eigenvalue weighted by Gasteiger charge is 2.18. The molecule has 28 heavy (non-hydrogen) atoms. The fourth-order valence-electron chi connectivity index (χ4n) is 2.83. The molecule has 0 amide bonds. The number of aromatic nitrogens is 5. The first-order chi connectivity index (χ1) is 13.5. The van der Waals surface area contributed by atoms with Gasteiger partial charge >= 0.3 is 0 Å². The highest BCUT2D eigenvalue weighted by Crippen LogP contribution is 2.25. The van der Waals surface area contributed by atoms with E-state index in [1.807, 2.05) is 50.2 Å². The van der Waals surface area contributed by atoms with Crippen LogP contribution in [-0.2, 0) is 6.54 Å². The predicted molar refractivity (Wildman–Crippen MR) is 103 cm³/mol. The van der Waals surface area contributed by atoms with Gasteiger partial charge in [-0.3, -0.25) is 0 Å². The van der Waals surface area contributed by atoms with Crippen molar-refractivity contribution in [2.24, 2.45) is 0 Å². The van der Waals surface area contributed by atoms with Gasteiger partial charge in [0.15, 0.2) is 5.69 Å². The highest BCUT2D eigenvalue weighted by atomic mass is 19.1. The molecule has 0 radical (unpaired) electrons. The Balaban J connectivity index is 1.60. The van der Waals surface area contributed by atoms with Gasteiger partial charge in [0.2, 0.25) is 5.82 Å². The topological polar surface area (TPSA) is 72.9 Å². The van der Waals surface area contributed by atoms with Crippen LogP contribution in [0, 0.1) is 12.7 Å². The van der Waals surface area contributed by atoms with Gasteiger partial charge in [0.1, 0.15) is 5.82 Å². The summed E-state index contributed by atoms with van der Waals surface area (Å²) in [6.45, 7) is 2.37. The van der Waals surface area contributed by atoms with E-state index in [0.29, 0.717) is 24.0 Å². The van der Waals surface area contributed by atoms with Crippen molar-refractivity contribution in [1.82, 2.24) is 25.1 Å². The second kappa shape index (κ2) is 7.22. The number of hydrogen-bond acceptors (Lipinski definition) is 6.